The number of benzene rings is 3. The second kappa shape index (κ2) is 7.40. The highest BCUT2D eigenvalue weighted by Crippen LogP contribution is 2.47. The van der Waals surface area contributed by atoms with Crippen LogP contribution in [0, 0.1) is 6.92 Å². The molecule has 3 heterocycles. The van der Waals surface area contributed by atoms with E-state index in [4.69, 9.17) is 4.98 Å². The maximum Gasteiger partial charge on any atom is 0.252 e. The molecule has 3 aromatic heterocycles. The number of nitrogens with zero attached hydrogens (tertiary/aromatic N) is 2. The number of imidazole rings is 1. The summed E-state index contributed by atoms with van der Waals surface area (Å²) in [6.07, 6.45) is 3.46. The summed E-state index contributed by atoms with van der Waals surface area (Å²) < 4.78 is 0. The van der Waals surface area contributed by atoms with Crippen LogP contribution in [0.1, 0.15) is 33.1 Å². The van der Waals surface area contributed by atoms with Crippen LogP contribution in [0.5, 0.6) is 0 Å². The second-order valence-electron chi connectivity index (χ2n) is 8.92. The smallest absolute Gasteiger partial charge is 0.252 e. The van der Waals surface area contributed by atoms with Gasteiger partial charge in [0, 0.05) is 23.3 Å². The van der Waals surface area contributed by atoms with E-state index in [9.17, 15) is 4.79 Å². The molecule has 35 heavy (non-hydrogen) atoms. The zero-order valence-electron chi connectivity index (χ0n) is 19.0. The summed E-state index contributed by atoms with van der Waals surface area (Å²) in [5.74, 6) is 0.700. The fourth-order valence-corrected chi connectivity index (χ4v) is 5.28. The van der Waals surface area contributed by atoms with Gasteiger partial charge in [-0.2, -0.15) is 0 Å². The average Bonchev–Trinajstić information content (AvgIpc) is 3.61. The number of hydrogen-bond donors (Lipinski definition) is 3. The number of para-hydroxylation sites is 1. The summed E-state index contributed by atoms with van der Waals surface area (Å²) in [5.41, 5.74) is 9.82. The lowest BCUT2D eigenvalue weighted by Crippen LogP contribution is -2.28. The number of aryl methyl sites for hydroxylation is 1. The first kappa shape index (κ1) is 19.7. The molecule has 6 aromatic rings. The van der Waals surface area contributed by atoms with Crippen LogP contribution in [0.15, 0.2) is 85.2 Å². The van der Waals surface area contributed by atoms with Gasteiger partial charge in [-0.3, -0.25) is 4.79 Å². The van der Waals surface area contributed by atoms with Crippen molar-refractivity contribution < 1.29 is 4.79 Å². The molecular weight excluding hydrogens is 434 g/mol. The van der Waals surface area contributed by atoms with Crippen LogP contribution in [0.2, 0.25) is 0 Å². The number of aromatic amines is 2. The summed E-state index contributed by atoms with van der Waals surface area (Å²) in [6.45, 7) is 2.07. The molecule has 0 aliphatic heterocycles. The summed E-state index contributed by atoms with van der Waals surface area (Å²) in [4.78, 5) is 29.3. The summed E-state index contributed by atoms with van der Waals surface area (Å²) in [6, 6.07) is 24.0. The Morgan fingerprint density at radius 3 is 2.66 bits per heavy atom. The first-order valence-corrected chi connectivity index (χ1v) is 11.6. The topological polar surface area (TPSA) is 86.5 Å². The van der Waals surface area contributed by atoms with E-state index in [-0.39, 0.29) is 11.9 Å². The van der Waals surface area contributed by atoms with Gasteiger partial charge in [-0.1, -0.05) is 54.6 Å². The first-order chi connectivity index (χ1) is 17.2. The van der Waals surface area contributed by atoms with E-state index in [1.165, 1.54) is 0 Å². The van der Waals surface area contributed by atoms with Crippen LogP contribution in [-0.4, -0.2) is 25.8 Å². The Morgan fingerprint density at radius 1 is 0.914 bits per heavy atom. The van der Waals surface area contributed by atoms with Crippen LogP contribution < -0.4 is 5.32 Å². The Labute approximate surface area is 201 Å². The highest BCUT2D eigenvalue weighted by atomic mass is 16.1. The highest BCUT2D eigenvalue weighted by molar-refractivity contribution is 6.06. The van der Waals surface area contributed by atoms with Crippen molar-refractivity contribution in [3.05, 3.63) is 107 Å². The van der Waals surface area contributed by atoms with Gasteiger partial charge in [-0.15, -0.1) is 0 Å². The summed E-state index contributed by atoms with van der Waals surface area (Å²) >= 11 is 0. The van der Waals surface area contributed by atoms with E-state index in [0.29, 0.717) is 11.2 Å². The zero-order valence-corrected chi connectivity index (χ0v) is 19.0. The average molecular weight is 456 g/mol. The van der Waals surface area contributed by atoms with Crippen LogP contribution in [0.25, 0.3) is 44.6 Å². The van der Waals surface area contributed by atoms with Crippen molar-refractivity contribution in [3.63, 3.8) is 0 Å². The molecule has 7 rings (SSSR count). The van der Waals surface area contributed by atoms with E-state index in [1.807, 2.05) is 30.3 Å². The molecule has 0 radical (unpaired) electrons. The lowest BCUT2D eigenvalue weighted by atomic mass is 9.98. The van der Waals surface area contributed by atoms with Crippen molar-refractivity contribution in [1.29, 1.82) is 0 Å². The predicted octanol–water partition coefficient (Wildman–Crippen LogP) is 5.91. The van der Waals surface area contributed by atoms with Gasteiger partial charge in [-0.25, -0.2) is 9.97 Å². The van der Waals surface area contributed by atoms with Gasteiger partial charge in [0.15, 0.2) is 0 Å². The number of amides is 1. The van der Waals surface area contributed by atoms with Crippen LogP contribution in [0.4, 0.5) is 0 Å². The number of nitrogens with one attached hydrogen (secondary N) is 3. The van der Waals surface area contributed by atoms with E-state index in [0.717, 1.165) is 55.6 Å². The standard InChI is InChI=1S/C29H21N5O/c1-16-6-4-11-23-25(16)33-28(32-23)22-10-5-9-21-24(22)17-7-2-3-8-18(17)26(21)34-29(35)20-13-15-31-27-19(20)12-14-30-27/h2-15,26H,1H3,(H,30,31)(H,32,33)(H,34,35)/t26-/m1/s1. The molecule has 0 spiro atoms. The van der Waals surface area contributed by atoms with Crippen molar-refractivity contribution in [2.75, 3.05) is 0 Å². The van der Waals surface area contributed by atoms with Gasteiger partial charge < -0.3 is 15.3 Å². The fourth-order valence-electron chi connectivity index (χ4n) is 5.28. The predicted molar refractivity (Wildman–Crippen MR) is 137 cm³/mol. The van der Waals surface area contributed by atoms with Gasteiger partial charge in [0.05, 0.1) is 22.6 Å². The molecule has 1 aliphatic rings. The molecule has 0 fully saturated rings. The molecule has 0 saturated carbocycles. The van der Waals surface area contributed by atoms with Crippen molar-refractivity contribution in [1.82, 2.24) is 25.3 Å². The lowest BCUT2D eigenvalue weighted by molar-refractivity contribution is 0.0945. The van der Waals surface area contributed by atoms with Gasteiger partial charge in [-0.05, 0) is 52.9 Å². The molecule has 0 bridgehead atoms. The van der Waals surface area contributed by atoms with Crippen molar-refractivity contribution >= 4 is 28.0 Å². The molecule has 6 nitrogen and oxygen atoms in total. The molecule has 168 valence electrons. The van der Waals surface area contributed by atoms with E-state index in [1.54, 1.807) is 18.5 Å². The molecule has 0 saturated heterocycles. The summed E-state index contributed by atoms with van der Waals surface area (Å²) in [5, 5.41) is 4.10. The molecular formula is C29H21N5O. The third-order valence-electron chi connectivity index (χ3n) is 6.90. The normalized spacial score (nSPS) is 14.3. The molecule has 0 unspecified atom stereocenters. The van der Waals surface area contributed by atoms with Gasteiger partial charge in [0.2, 0.25) is 0 Å². The molecule has 1 aliphatic carbocycles. The quantitative estimate of drug-likeness (QED) is 0.310. The third-order valence-corrected chi connectivity index (χ3v) is 6.90. The van der Waals surface area contributed by atoms with E-state index < -0.39 is 0 Å². The monoisotopic (exact) mass is 455 g/mol. The fraction of sp³-hybridized carbons (Fsp3) is 0.0690. The Bertz CT molecular complexity index is 1780. The third kappa shape index (κ3) is 2.93. The molecule has 6 heteroatoms. The molecule has 3 N–H and O–H groups in total. The van der Waals surface area contributed by atoms with Crippen molar-refractivity contribution in [2.45, 2.75) is 13.0 Å². The van der Waals surface area contributed by atoms with Crippen LogP contribution in [0.3, 0.4) is 0 Å². The maximum atomic E-state index is 13.5. The summed E-state index contributed by atoms with van der Waals surface area (Å²) in [7, 11) is 0. The second-order valence-corrected chi connectivity index (χ2v) is 8.92. The van der Waals surface area contributed by atoms with Gasteiger partial charge in [0.25, 0.3) is 5.91 Å². The largest absolute Gasteiger partial charge is 0.346 e. The van der Waals surface area contributed by atoms with E-state index in [2.05, 4.69) is 63.6 Å². The molecule has 1 atom stereocenters. The number of rotatable bonds is 3. The van der Waals surface area contributed by atoms with Crippen molar-refractivity contribution in [3.8, 4) is 22.5 Å². The van der Waals surface area contributed by atoms with Crippen LogP contribution >= 0.6 is 0 Å². The SMILES string of the molecule is Cc1cccc2[nH]c(-c3cccc4c3-c3ccccc3[C@H]4NC(=O)c3ccnc4[nH]ccc34)nc12. The molecule has 1 amide bonds. The van der Waals surface area contributed by atoms with Crippen molar-refractivity contribution in [2.24, 2.45) is 0 Å². The number of carbonyl (C=O) groups excluding carboxylic acids is 1. The number of hydrogen-bond acceptors (Lipinski definition) is 3. The van der Waals surface area contributed by atoms with Gasteiger partial charge in [0.1, 0.15) is 11.5 Å². The highest BCUT2D eigenvalue weighted by Gasteiger charge is 2.32. The number of aromatic nitrogens is 4. The Morgan fingerprint density at radius 2 is 1.74 bits per heavy atom. The minimum absolute atomic E-state index is 0.130. The molecule has 3 aromatic carbocycles. The maximum absolute atomic E-state index is 13.5. The lowest BCUT2D eigenvalue weighted by Gasteiger charge is -2.16. The Hall–Kier alpha value is -4.71. The number of pyridine rings is 1. The minimum Gasteiger partial charge on any atom is -0.346 e. The van der Waals surface area contributed by atoms with E-state index >= 15 is 0 Å². The Kier molecular flexibility index (Phi) is 4.17. The number of carbonyl (C=O) groups is 1. The van der Waals surface area contributed by atoms with Crippen LogP contribution in [-0.2, 0) is 0 Å². The number of fused-ring (bicyclic) bond motifs is 5. The zero-order chi connectivity index (χ0) is 23.5. The van der Waals surface area contributed by atoms with Gasteiger partial charge >= 0.3 is 0 Å². The Balaban J connectivity index is 1.37. The minimum atomic E-state index is -0.262. The number of H-pyrrole nitrogens is 2. The first-order valence-electron chi connectivity index (χ1n) is 11.6.